The SMILES string of the molecule is Cc1cc2c(nc1C)C(C)(C)CN2c1ncnc(Nc2cc(N)c(N(C)CCN(C)C)cc2OC(C)C)n1. The van der Waals surface area contributed by atoms with E-state index in [9.17, 15) is 0 Å². The lowest BCUT2D eigenvalue weighted by molar-refractivity contribution is 0.244. The molecule has 0 fully saturated rings. The maximum atomic E-state index is 6.50. The molecule has 0 amide bonds. The van der Waals surface area contributed by atoms with Gasteiger partial charge < -0.3 is 30.5 Å². The highest BCUT2D eigenvalue weighted by molar-refractivity contribution is 5.79. The van der Waals surface area contributed by atoms with E-state index < -0.39 is 0 Å². The van der Waals surface area contributed by atoms with Crippen molar-refractivity contribution in [2.75, 3.05) is 61.6 Å². The third-order valence-corrected chi connectivity index (χ3v) is 6.76. The van der Waals surface area contributed by atoms with E-state index in [0.717, 1.165) is 48.0 Å². The normalized spacial score (nSPS) is 14.2. The molecule has 38 heavy (non-hydrogen) atoms. The molecule has 3 aromatic rings. The monoisotopic (exact) mass is 519 g/mol. The van der Waals surface area contributed by atoms with Crippen LogP contribution in [0, 0.1) is 13.8 Å². The highest BCUT2D eigenvalue weighted by Crippen LogP contribution is 2.43. The molecule has 10 nitrogen and oxygen atoms in total. The van der Waals surface area contributed by atoms with E-state index in [1.165, 1.54) is 6.33 Å². The number of rotatable bonds is 9. The number of ether oxygens (including phenoxy) is 1. The summed E-state index contributed by atoms with van der Waals surface area (Å²) in [6, 6.07) is 6.03. The number of nitrogens with one attached hydrogen (secondary N) is 1. The number of aromatic nitrogens is 4. The van der Waals surface area contributed by atoms with Crippen molar-refractivity contribution in [3.8, 4) is 5.75 Å². The average molecular weight is 520 g/mol. The second-order valence-corrected chi connectivity index (χ2v) is 11.3. The van der Waals surface area contributed by atoms with Gasteiger partial charge in [0, 0.05) is 43.9 Å². The van der Waals surface area contributed by atoms with Crippen LogP contribution in [0.2, 0.25) is 0 Å². The zero-order valence-electron chi connectivity index (χ0n) is 24.1. The lowest BCUT2D eigenvalue weighted by Crippen LogP contribution is -2.29. The minimum absolute atomic E-state index is 0.0180. The number of hydrogen-bond acceptors (Lipinski definition) is 10. The van der Waals surface area contributed by atoms with Gasteiger partial charge in [0.25, 0.3) is 0 Å². The Balaban J connectivity index is 1.66. The molecule has 0 saturated carbocycles. The lowest BCUT2D eigenvalue weighted by atomic mass is 9.91. The van der Waals surface area contributed by atoms with Crippen LogP contribution in [-0.4, -0.2) is 71.7 Å². The zero-order chi connectivity index (χ0) is 27.8. The van der Waals surface area contributed by atoms with Crippen molar-refractivity contribution in [2.24, 2.45) is 0 Å². The highest BCUT2D eigenvalue weighted by Gasteiger charge is 2.39. The Morgan fingerprint density at radius 3 is 2.50 bits per heavy atom. The van der Waals surface area contributed by atoms with Gasteiger partial charge in [0.15, 0.2) is 0 Å². The molecule has 1 aliphatic rings. The van der Waals surface area contributed by atoms with Gasteiger partial charge in [0.05, 0.1) is 34.5 Å². The van der Waals surface area contributed by atoms with Gasteiger partial charge in [-0.25, -0.2) is 9.97 Å². The topological polar surface area (TPSA) is 109 Å². The predicted octanol–water partition coefficient (Wildman–Crippen LogP) is 4.42. The molecular formula is C28H41N9O. The largest absolute Gasteiger partial charge is 0.489 e. The molecule has 1 aromatic carbocycles. The molecule has 0 saturated heterocycles. The van der Waals surface area contributed by atoms with Crippen LogP contribution >= 0.6 is 0 Å². The van der Waals surface area contributed by atoms with Crippen molar-refractivity contribution in [3.63, 3.8) is 0 Å². The molecule has 3 heterocycles. The summed E-state index contributed by atoms with van der Waals surface area (Å²) in [7, 11) is 6.15. The quantitative estimate of drug-likeness (QED) is 0.394. The Hall–Kier alpha value is -3.66. The van der Waals surface area contributed by atoms with Gasteiger partial charge in [0.2, 0.25) is 11.9 Å². The summed E-state index contributed by atoms with van der Waals surface area (Å²) in [6.45, 7) is 15.0. The number of anilines is 6. The number of nitrogens with zero attached hydrogens (tertiary/aromatic N) is 7. The number of hydrogen-bond donors (Lipinski definition) is 2. The minimum Gasteiger partial charge on any atom is -0.489 e. The fraction of sp³-hybridized carbons (Fsp3) is 0.500. The molecule has 204 valence electrons. The molecule has 0 radical (unpaired) electrons. The third kappa shape index (κ3) is 5.75. The maximum absolute atomic E-state index is 6.50. The molecule has 0 unspecified atom stereocenters. The standard InChI is InChI=1S/C28H41N9O/c1-17(2)38-24-14-22(36(9)11-10-35(7)8)20(29)13-21(24)33-26-30-16-31-27(34-26)37-15-28(5,6)25-23(37)12-18(3)19(4)32-25/h12-14,16-17H,10-11,15,29H2,1-9H3,(H,30,31,33,34). The van der Waals surface area contributed by atoms with Gasteiger partial charge in [-0.2, -0.15) is 4.98 Å². The Morgan fingerprint density at radius 1 is 1.08 bits per heavy atom. The van der Waals surface area contributed by atoms with E-state index in [1.54, 1.807) is 0 Å². The van der Waals surface area contributed by atoms with Crippen LogP contribution in [0.4, 0.5) is 34.6 Å². The summed E-state index contributed by atoms with van der Waals surface area (Å²) >= 11 is 0. The van der Waals surface area contributed by atoms with E-state index in [0.29, 0.717) is 29.0 Å². The average Bonchev–Trinajstić information content (AvgIpc) is 3.09. The van der Waals surface area contributed by atoms with E-state index in [-0.39, 0.29) is 11.5 Å². The molecule has 0 bridgehead atoms. The van der Waals surface area contributed by atoms with Crippen LogP contribution in [0.1, 0.15) is 44.6 Å². The Labute approximate surface area is 226 Å². The summed E-state index contributed by atoms with van der Waals surface area (Å²) in [4.78, 5) is 25.0. The first-order valence-electron chi connectivity index (χ1n) is 13.0. The fourth-order valence-corrected chi connectivity index (χ4v) is 4.56. The minimum atomic E-state index is -0.130. The van der Waals surface area contributed by atoms with Crippen LogP contribution in [0.5, 0.6) is 5.75 Å². The Morgan fingerprint density at radius 2 is 1.82 bits per heavy atom. The molecule has 0 spiro atoms. The van der Waals surface area contributed by atoms with Crippen LogP contribution < -0.4 is 25.6 Å². The number of aryl methyl sites for hydroxylation is 2. The molecule has 0 atom stereocenters. The summed E-state index contributed by atoms with van der Waals surface area (Å²) in [5.41, 5.74) is 12.9. The number of nitrogen functional groups attached to an aromatic ring is 1. The summed E-state index contributed by atoms with van der Waals surface area (Å²) in [6.07, 6.45) is 1.51. The van der Waals surface area contributed by atoms with Gasteiger partial charge in [-0.1, -0.05) is 13.8 Å². The summed E-state index contributed by atoms with van der Waals surface area (Å²) in [5.74, 6) is 1.67. The molecule has 0 aliphatic carbocycles. The van der Waals surface area contributed by atoms with Crippen molar-refractivity contribution in [2.45, 2.75) is 53.1 Å². The number of likely N-dealkylation sites (N-methyl/N-ethyl adjacent to an activating group) is 2. The number of fused-ring (bicyclic) bond motifs is 1. The van der Waals surface area contributed by atoms with Crippen molar-refractivity contribution in [3.05, 3.63) is 41.5 Å². The molecular weight excluding hydrogens is 478 g/mol. The molecule has 4 rings (SSSR count). The smallest absolute Gasteiger partial charge is 0.234 e. The Bertz CT molecular complexity index is 1310. The molecule has 1 aliphatic heterocycles. The second kappa shape index (κ2) is 10.6. The van der Waals surface area contributed by atoms with E-state index in [2.05, 4.69) is 70.9 Å². The van der Waals surface area contributed by atoms with Gasteiger partial charge in [0.1, 0.15) is 12.1 Å². The fourth-order valence-electron chi connectivity index (χ4n) is 4.56. The van der Waals surface area contributed by atoms with Crippen LogP contribution in [0.25, 0.3) is 0 Å². The molecule has 2 aromatic heterocycles. The van der Waals surface area contributed by atoms with Crippen molar-refractivity contribution < 1.29 is 4.74 Å². The van der Waals surface area contributed by atoms with Gasteiger partial charge in [-0.15, -0.1) is 0 Å². The first-order chi connectivity index (χ1) is 17.9. The summed E-state index contributed by atoms with van der Waals surface area (Å²) < 4.78 is 6.17. The highest BCUT2D eigenvalue weighted by atomic mass is 16.5. The number of benzene rings is 1. The van der Waals surface area contributed by atoms with Crippen LogP contribution in [-0.2, 0) is 5.41 Å². The van der Waals surface area contributed by atoms with Gasteiger partial charge in [-0.05, 0) is 59.5 Å². The Kier molecular flexibility index (Phi) is 7.64. The second-order valence-electron chi connectivity index (χ2n) is 11.3. The third-order valence-electron chi connectivity index (χ3n) is 6.76. The van der Waals surface area contributed by atoms with Crippen molar-refractivity contribution in [1.29, 1.82) is 0 Å². The number of nitrogens with two attached hydrogens (primary N) is 1. The first-order valence-corrected chi connectivity index (χ1v) is 13.0. The summed E-state index contributed by atoms with van der Waals surface area (Å²) in [5, 5.41) is 3.33. The predicted molar refractivity (Wildman–Crippen MR) is 155 cm³/mol. The van der Waals surface area contributed by atoms with E-state index in [1.807, 2.05) is 40.0 Å². The first kappa shape index (κ1) is 27.4. The van der Waals surface area contributed by atoms with Crippen molar-refractivity contribution >= 4 is 34.6 Å². The van der Waals surface area contributed by atoms with Crippen LogP contribution in [0.15, 0.2) is 24.5 Å². The van der Waals surface area contributed by atoms with E-state index in [4.69, 9.17) is 20.4 Å². The van der Waals surface area contributed by atoms with Gasteiger partial charge in [-0.3, -0.25) is 4.98 Å². The number of pyridine rings is 1. The zero-order valence-corrected chi connectivity index (χ0v) is 24.1. The lowest BCUT2D eigenvalue weighted by Gasteiger charge is -2.25. The molecule has 10 heteroatoms. The molecule has 3 N–H and O–H groups in total. The van der Waals surface area contributed by atoms with Gasteiger partial charge >= 0.3 is 0 Å². The van der Waals surface area contributed by atoms with Crippen LogP contribution in [0.3, 0.4) is 0 Å². The van der Waals surface area contributed by atoms with Crippen molar-refractivity contribution in [1.82, 2.24) is 24.8 Å². The maximum Gasteiger partial charge on any atom is 0.234 e. The van der Waals surface area contributed by atoms with E-state index >= 15 is 0 Å².